The molecule has 0 bridgehead atoms. The Hall–Kier alpha value is -1.89. The van der Waals surface area contributed by atoms with Crippen molar-refractivity contribution in [1.82, 2.24) is 10.6 Å². The first-order valence-corrected chi connectivity index (χ1v) is 9.29. The summed E-state index contributed by atoms with van der Waals surface area (Å²) < 4.78 is 23.0. The number of amides is 2. The van der Waals surface area contributed by atoms with Gasteiger partial charge in [0.15, 0.2) is 9.84 Å². The van der Waals surface area contributed by atoms with Crippen LogP contribution in [0.4, 0.5) is 0 Å². The first-order valence-electron chi connectivity index (χ1n) is 7.47. The molecule has 6 nitrogen and oxygen atoms in total. The Labute approximate surface area is 136 Å². The molecule has 23 heavy (non-hydrogen) atoms. The van der Waals surface area contributed by atoms with E-state index in [1.54, 1.807) is 19.1 Å². The lowest BCUT2D eigenvalue weighted by Crippen LogP contribution is -2.50. The Balaban J connectivity index is 1.89. The maximum Gasteiger partial charge on any atom is 0.251 e. The molecule has 0 aromatic heterocycles. The van der Waals surface area contributed by atoms with Crippen molar-refractivity contribution in [1.29, 1.82) is 0 Å². The van der Waals surface area contributed by atoms with E-state index in [-0.39, 0.29) is 29.9 Å². The summed E-state index contributed by atoms with van der Waals surface area (Å²) in [5, 5.41) is 5.26. The Morgan fingerprint density at radius 2 is 1.91 bits per heavy atom. The summed E-state index contributed by atoms with van der Waals surface area (Å²) in [6.07, 6.45) is 0.395. The quantitative estimate of drug-likeness (QED) is 0.846. The number of nitrogens with one attached hydrogen (secondary N) is 2. The molecule has 1 atom stereocenters. The first-order chi connectivity index (χ1) is 10.6. The SMILES string of the molecule is Cc1ccc(C(=O)NCC(=O)NC2(C)CCS(=O)(=O)C2)cc1C. The number of benzene rings is 1. The summed E-state index contributed by atoms with van der Waals surface area (Å²) >= 11 is 0. The molecule has 1 fully saturated rings. The largest absolute Gasteiger partial charge is 0.348 e. The third-order valence-corrected chi connectivity index (χ3v) is 6.03. The molecule has 0 saturated carbocycles. The maximum atomic E-state index is 12.0. The van der Waals surface area contributed by atoms with Gasteiger partial charge < -0.3 is 10.6 Å². The normalized spacial score (nSPS) is 22.6. The van der Waals surface area contributed by atoms with E-state index in [1.165, 1.54) is 0 Å². The Kier molecular flexibility index (Phi) is 4.79. The van der Waals surface area contributed by atoms with Crippen molar-refractivity contribution in [2.45, 2.75) is 32.7 Å². The summed E-state index contributed by atoms with van der Waals surface area (Å²) in [6, 6.07) is 5.34. The molecule has 1 aliphatic rings. The van der Waals surface area contributed by atoms with Gasteiger partial charge in [-0.1, -0.05) is 6.07 Å². The molecule has 2 N–H and O–H groups in total. The van der Waals surface area contributed by atoms with Gasteiger partial charge in [0, 0.05) is 5.56 Å². The van der Waals surface area contributed by atoms with Crippen molar-refractivity contribution in [2.75, 3.05) is 18.1 Å². The lowest BCUT2D eigenvalue weighted by Gasteiger charge is -2.23. The monoisotopic (exact) mass is 338 g/mol. The van der Waals surface area contributed by atoms with E-state index < -0.39 is 15.4 Å². The molecular weight excluding hydrogens is 316 g/mol. The summed E-state index contributed by atoms with van der Waals surface area (Å²) in [4.78, 5) is 24.0. The fourth-order valence-electron chi connectivity index (χ4n) is 2.64. The highest BCUT2D eigenvalue weighted by Crippen LogP contribution is 2.22. The highest BCUT2D eigenvalue weighted by molar-refractivity contribution is 7.91. The van der Waals surface area contributed by atoms with Crippen molar-refractivity contribution in [2.24, 2.45) is 0 Å². The molecule has 1 unspecified atom stereocenters. The van der Waals surface area contributed by atoms with Crippen LogP contribution in [-0.2, 0) is 14.6 Å². The first kappa shape index (κ1) is 17.5. The zero-order chi connectivity index (χ0) is 17.3. The molecule has 0 aliphatic carbocycles. The van der Waals surface area contributed by atoms with Crippen LogP contribution in [0.1, 0.15) is 34.8 Å². The average Bonchev–Trinajstić information content (AvgIpc) is 2.72. The minimum Gasteiger partial charge on any atom is -0.348 e. The smallest absolute Gasteiger partial charge is 0.251 e. The van der Waals surface area contributed by atoms with Crippen molar-refractivity contribution >= 4 is 21.7 Å². The third-order valence-electron chi connectivity index (χ3n) is 4.12. The second-order valence-corrected chi connectivity index (χ2v) is 8.62. The molecule has 126 valence electrons. The minimum atomic E-state index is -3.08. The molecule has 1 aliphatic heterocycles. The van der Waals surface area contributed by atoms with Crippen LogP contribution in [0.3, 0.4) is 0 Å². The Morgan fingerprint density at radius 1 is 1.22 bits per heavy atom. The number of aryl methyl sites for hydroxylation is 2. The number of hydrogen-bond donors (Lipinski definition) is 2. The van der Waals surface area contributed by atoms with E-state index in [0.717, 1.165) is 11.1 Å². The van der Waals surface area contributed by atoms with Crippen LogP contribution in [-0.4, -0.2) is 43.8 Å². The molecule has 1 saturated heterocycles. The predicted molar refractivity (Wildman–Crippen MR) is 88.1 cm³/mol. The zero-order valence-corrected chi connectivity index (χ0v) is 14.4. The second kappa shape index (κ2) is 6.31. The summed E-state index contributed by atoms with van der Waals surface area (Å²) in [7, 11) is -3.08. The molecule has 1 aromatic rings. The van der Waals surface area contributed by atoms with Crippen molar-refractivity contribution in [3.8, 4) is 0 Å². The van der Waals surface area contributed by atoms with Gasteiger partial charge in [0.25, 0.3) is 5.91 Å². The van der Waals surface area contributed by atoms with Gasteiger partial charge in [-0.3, -0.25) is 9.59 Å². The van der Waals surface area contributed by atoms with Gasteiger partial charge >= 0.3 is 0 Å². The third kappa shape index (κ3) is 4.54. The van der Waals surface area contributed by atoms with Crippen LogP contribution in [0.15, 0.2) is 18.2 Å². The number of rotatable bonds is 4. The Bertz CT molecular complexity index is 742. The fourth-order valence-corrected chi connectivity index (χ4v) is 4.73. The van der Waals surface area contributed by atoms with Crippen molar-refractivity contribution < 1.29 is 18.0 Å². The van der Waals surface area contributed by atoms with Gasteiger partial charge in [-0.25, -0.2) is 8.42 Å². The van der Waals surface area contributed by atoms with E-state index in [1.807, 2.05) is 19.9 Å². The van der Waals surface area contributed by atoms with Crippen LogP contribution in [0.25, 0.3) is 0 Å². The molecule has 1 heterocycles. The van der Waals surface area contributed by atoms with Crippen LogP contribution in [0.2, 0.25) is 0 Å². The van der Waals surface area contributed by atoms with Crippen LogP contribution in [0, 0.1) is 13.8 Å². The molecule has 2 amide bonds. The highest BCUT2D eigenvalue weighted by Gasteiger charge is 2.39. The van der Waals surface area contributed by atoms with E-state index >= 15 is 0 Å². The number of hydrogen-bond acceptors (Lipinski definition) is 4. The lowest BCUT2D eigenvalue weighted by molar-refractivity contribution is -0.121. The van der Waals surface area contributed by atoms with E-state index in [9.17, 15) is 18.0 Å². The van der Waals surface area contributed by atoms with Crippen molar-refractivity contribution in [3.63, 3.8) is 0 Å². The number of sulfone groups is 1. The summed E-state index contributed by atoms with van der Waals surface area (Å²) in [5.41, 5.74) is 1.84. The molecule has 7 heteroatoms. The van der Waals surface area contributed by atoms with E-state index in [0.29, 0.717) is 12.0 Å². The predicted octanol–water partition coefficient (Wildman–Crippen LogP) is 0.727. The molecule has 0 radical (unpaired) electrons. The van der Waals surface area contributed by atoms with Gasteiger partial charge in [-0.05, 0) is 50.5 Å². The highest BCUT2D eigenvalue weighted by atomic mass is 32.2. The van der Waals surface area contributed by atoms with Crippen LogP contribution >= 0.6 is 0 Å². The van der Waals surface area contributed by atoms with Crippen LogP contribution in [0.5, 0.6) is 0 Å². The molecule has 2 rings (SSSR count). The summed E-state index contributed by atoms with van der Waals surface area (Å²) in [5.74, 6) is -0.690. The topological polar surface area (TPSA) is 92.3 Å². The van der Waals surface area contributed by atoms with Gasteiger partial charge in [0.1, 0.15) is 0 Å². The second-order valence-electron chi connectivity index (χ2n) is 6.43. The maximum absolute atomic E-state index is 12.0. The van der Waals surface area contributed by atoms with Crippen LogP contribution < -0.4 is 10.6 Å². The standard InChI is InChI=1S/C16H22N2O4S/c1-11-4-5-13(8-12(11)2)15(20)17-9-14(19)18-16(3)6-7-23(21,22)10-16/h4-5,8H,6-7,9-10H2,1-3H3,(H,17,20)(H,18,19). The molecule has 1 aromatic carbocycles. The number of carbonyl (C=O) groups is 2. The fraction of sp³-hybridized carbons (Fsp3) is 0.500. The van der Waals surface area contributed by atoms with E-state index in [4.69, 9.17) is 0 Å². The minimum absolute atomic E-state index is 0.0587. The lowest BCUT2D eigenvalue weighted by atomic mass is 10.0. The molecule has 0 spiro atoms. The van der Waals surface area contributed by atoms with Gasteiger partial charge in [-0.2, -0.15) is 0 Å². The van der Waals surface area contributed by atoms with Gasteiger partial charge in [-0.15, -0.1) is 0 Å². The van der Waals surface area contributed by atoms with E-state index in [2.05, 4.69) is 10.6 Å². The van der Waals surface area contributed by atoms with Gasteiger partial charge in [0.2, 0.25) is 5.91 Å². The number of carbonyl (C=O) groups excluding carboxylic acids is 2. The zero-order valence-electron chi connectivity index (χ0n) is 13.6. The molecular formula is C16H22N2O4S. The Morgan fingerprint density at radius 3 is 2.48 bits per heavy atom. The van der Waals surface area contributed by atoms with Crippen molar-refractivity contribution in [3.05, 3.63) is 34.9 Å². The van der Waals surface area contributed by atoms with Gasteiger partial charge in [0.05, 0.1) is 23.6 Å². The summed E-state index contributed by atoms with van der Waals surface area (Å²) in [6.45, 7) is 5.41. The average molecular weight is 338 g/mol.